The van der Waals surface area contributed by atoms with Crippen molar-refractivity contribution >= 4 is 71.7 Å². The molecular formula is C11H15Cl2N5OS2. The highest BCUT2D eigenvalue weighted by atomic mass is 35.5. The van der Waals surface area contributed by atoms with Crippen molar-refractivity contribution in [2.24, 2.45) is 9.98 Å². The zero-order valence-corrected chi connectivity index (χ0v) is 14.4. The van der Waals surface area contributed by atoms with Crippen molar-refractivity contribution < 1.29 is 4.79 Å². The third-order valence-electron chi connectivity index (χ3n) is 2.44. The Labute approximate surface area is 144 Å². The Morgan fingerprint density at radius 3 is 2.86 bits per heavy atom. The van der Waals surface area contributed by atoms with Crippen molar-refractivity contribution in [2.75, 3.05) is 12.3 Å². The molecule has 0 saturated heterocycles. The SMILES string of the molecule is Cc1[nH]cnc1CSCCN=C1NC(=S)N=CC1=O.Cl.Cl. The van der Waals surface area contributed by atoms with Gasteiger partial charge < -0.3 is 10.3 Å². The number of Topliss-reactive ketones (excluding diaryl/α,β-unsaturated/α-hetero) is 1. The highest BCUT2D eigenvalue weighted by Gasteiger charge is 2.14. The molecule has 1 aromatic heterocycles. The summed E-state index contributed by atoms with van der Waals surface area (Å²) in [6.45, 7) is 2.55. The van der Waals surface area contributed by atoms with E-state index in [2.05, 4.69) is 25.3 Å². The van der Waals surface area contributed by atoms with E-state index in [1.165, 1.54) is 6.21 Å². The molecule has 21 heavy (non-hydrogen) atoms. The number of carbonyl (C=O) groups is 1. The van der Waals surface area contributed by atoms with Gasteiger partial charge in [-0.1, -0.05) is 0 Å². The van der Waals surface area contributed by atoms with E-state index in [1.807, 2.05) is 6.92 Å². The van der Waals surface area contributed by atoms with Crippen molar-refractivity contribution in [3.8, 4) is 0 Å². The molecule has 0 aliphatic carbocycles. The number of aliphatic imine (C=N–C) groups is 2. The third-order valence-corrected chi connectivity index (χ3v) is 3.59. The fourth-order valence-electron chi connectivity index (χ4n) is 1.41. The summed E-state index contributed by atoms with van der Waals surface area (Å²) in [6, 6.07) is 0. The summed E-state index contributed by atoms with van der Waals surface area (Å²) in [7, 11) is 0. The quantitative estimate of drug-likeness (QED) is 0.611. The molecular weight excluding hydrogens is 353 g/mol. The minimum absolute atomic E-state index is 0. The lowest BCUT2D eigenvalue weighted by molar-refractivity contribution is -0.107. The standard InChI is InChI=1S/C11H13N5OS2.2ClH/c1-7-8(15-6-14-7)5-19-3-2-12-10-9(17)4-13-11(18)16-10;;/h4,6H,2-3,5H2,1H3,(H,14,15)(H,12,16,18);2*1H. The van der Waals surface area contributed by atoms with Crippen LogP contribution in [0.3, 0.4) is 0 Å². The van der Waals surface area contributed by atoms with Gasteiger partial charge in [0, 0.05) is 17.2 Å². The number of aromatic amines is 1. The number of hydrogen-bond acceptors (Lipinski definition) is 5. The maximum absolute atomic E-state index is 11.4. The van der Waals surface area contributed by atoms with Gasteiger partial charge in [0.2, 0.25) is 5.78 Å². The highest BCUT2D eigenvalue weighted by Crippen LogP contribution is 2.12. The van der Waals surface area contributed by atoms with Crippen LogP contribution in [0.25, 0.3) is 0 Å². The van der Waals surface area contributed by atoms with E-state index in [0.29, 0.717) is 6.54 Å². The second kappa shape index (κ2) is 9.88. The van der Waals surface area contributed by atoms with Crippen molar-refractivity contribution in [1.29, 1.82) is 0 Å². The molecule has 6 nitrogen and oxygen atoms in total. The zero-order valence-electron chi connectivity index (χ0n) is 11.2. The molecule has 0 amide bonds. The first-order valence-corrected chi connectivity index (χ1v) is 7.23. The number of aryl methyl sites for hydroxylation is 1. The minimum Gasteiger partial charge on any atom is -0.348 e. The van der Waals surface area contributed by atoms with Gasteiger partial charge in [-0.3, -0.25) is 9.79 Å². The molecule has 0 spiro atoms. The maximum atomic E-state index is 11.4. The number of aromatic nitrogens is 2. The zero-order chi connectivity index (χ0) is 13.7. The maximum Gasteiger partial charge on any atom is 0.239 e. The van der Waals surface area contributed by atoms with Gasteiger partial charge in [-0.25, -0.2) is 9.98 Å². The number of carbonyl (C=O) groups excluding carboxylic acids is 1. The van der Waals surface area contributed by atoms with Crippen molar-refractivity contribution in [2.45, 2.75) is 12.7 Å². The largest absolute Gasteiger partial charge is 0.348 e. The summed E-state index contributed by atoms with van der Waals surface area (Å²) in [5.74, 6) is 1.69. The Hall–Kier alpha value is -0.960. The molecule has 0 saturated carbocycles. The molecule has 1 aromatic rings. The normalized spacial score (nSPS) is 15.4. The summed E-state index contributed by atoms with van der Waals surface area (Å²) in [6.07, 6.45) is 2.88. The Morgan fingerprint density at radius 2 is 2.19 bits per heavy atom. The van der Waals surface area contributed by atoms with Gasteiger partial charge in [-0.15, -0.1) is 24.8 Å². The molecule has 0 fully saturated rings. The summed E-state index contributed by atoms with van der Waals surface area (Å²) in [5.41, 5.74) is 2.14. The van der Waals surface area contributed by atoms with Gasteiger partial charge >= 0.3 is 0 Å². The predicted octanol–water partition coefficient (Wildman–Crippen LogP) is 1.72. The first-order chi connectivity index (χ1) is 9.16. The number of thioether (sulfide) groups is 1. The van der Waals surface area contributed by atoms with Gasteiger partial charge in [-0.2, -0.15) is 11.8 Å². The molecule has 2 rings (SSSR count). The fourth-order valence-corrected chi connectivity index (χ4v) is 2.41. The Balaban J connectivity index is 0.00000200. The van der Waals surface area contributed by atoms with Crippen LogP contribution in [0.5, 0.6) is 0 Å². The van der Waals surface area contributed by atoms with E-state index >= 15 is 0 Å². The predicted molar refractivity (Wildman–Crippen MR) is 95.5 cm³/mol. The molecule has 2 heterocycles. The lowest BCUT2D eigenvalue weighted by Crippen LogP contribution is -2.39. The number of amidine groups is 1. The first kappa shape index (κ1) is 20.0. The van der Waals surface area contributed by atoms with Crippen LogP contribution in [0.15, 0.2) is 16.3 Å². The molecule has 0 atom stereocenters. The van der Waals surface area contributed by atoms with Crippen LogP contribution < -0.4 is 5.32 Å². The van der Waals surface area contributed by atoms with Gasteiger partial charge in [0.15, 0.2) is 10.9 Å². The van der Waals surface area contributed by atoms with Crippen LogP contribution in [0, 0.1) is 6.92 Å². The number of nitrogens with zero attached hydrogens (tertiary/aromatic N) is 3. The van der Waals surface area contributed by atoms with Gasteiger partial charge in [-0.05, 0) is 19.1 Å². The first-order valence-electron chi connectivity index (χ1n) is 5.67. The van der Waals surface area contributed by atoms with Crippen molar-refractivity contribution in [3.63, 3.8) is 0 Å². The number of hydrogen-bond donors (Lipinski definition) is 2. The summed E-state index contributed by atoms with van der Waals surface area (Å²) in [4.78, 5) is 26.5. The number of thiocarbonyl (C=S) groups is 1. The number of H-pyrrole nitrogens is 1. The van der Waals surface area contributed by atoms with E-state index in [0.717, 1.165) is 22.9 Å². The Morgan fingerprint density at radius 1 is 1.43 bits per heavy atom. The lowest BCUT2D eigenvalue weighted by Gasteiger charge is -2.09. The van der Waals surface area contributed by atoms with Crippen LogP contribution in [0.1, 0.15) is 11.4 Å². The van der Waals surface area contributed by atoms with Crippen LogP contribution in [-0.4, -0.2) is 45.2 Å². The van der Waals surface area contributed by atoms with Gasteiger partial charge in [0.1, 0.15) is 0 Å². The minimum atomic E-state index is -0.234. The Bertz CT molecular complexity index is 559. The molecule has 0 radical (unpaired) electrons. The monoisotopic (exact) mass is 367 g/mol. The van der Waals surface area contributed by atoms with E-state index in [-0.39, 0.29) is 41.5 Å². The van der Waals surface area contributed by atoms with Gasteiger partial charge in [0.05, 0.1) is 24.8 Å². The van der Waals surface area contributed by atoms with Crippen molar-refractivity contribution in [3.05, 3.63) is 17.7 Å². The number of imidazole rings is 1. The van der Waals surface area contributed by atoms with Crippen LogP contribution in [0.4, 0.5) is 0 Å². The molecule has 1 aliphatic heterocycles. The van der Waals surface area contributed by atoms with E-state index in [4.69, 9.17) is 12.2 Å². The number of rotatable bonds is 5. The van der Waals surface area contributed by atoms with E-state index < -0.39 is 0 Å². The van der Waals surface area contributed by atoms with Gasteiger partial charge in [0.25, 0.3) is 0 Å². The second-order valence-electron chi connectivity index (χ2n) is 3.81. The van der Waals surface area contributed by atoms with Crippen LogP contribution >= 0.6 is 48.8 Å². The smallest absolute Gasteiger partial charge is 0.239 e. The summed E-state index contributed by atoms with van der Waals surface area (Å²) >= 11 is 6.57. The van der Waals surface area contributed by atoms with Crippen LogP contribution in [0.2, 0.25) is 0 Å². The average Bonchev–Trinajstić information content (AvgIpc) is 2.79. The fraction of sp³-hybridized carbons (Fsp3) is 0.364. The Kier molecular flexibility index (Phi) is 9.43. The molecule has 116 valence electrons. The van der Waals surface area contributed by atoms with Crippen molar-refractivity contribution in [1.82, 2.24) is 15.3 Å². The summed E-state index contributed by atoms with van der Waals surface area (Å²) in [5, 5.41) is 2.96. The van der Waals surface area contributed by atoms with Crippen LogP contribution in [-0.2, 0) is 10.5 Å². The molecule has 0 bridgehead atoms. The number of nitrogens with one attached hydrogen (secondary N) is 2. The molecule has 10 heteroatoms. The highest BCUT2D eigenvalue weighted by molar-refractivity contribution is 7.98. The molecule has 1 aliphatic rings. The second-order valence-corrected chi connectivity index (χ2v) is 5.30. The van der Waals surface area contributed by atoms with E-state index in [9.17, 15) is 4.79 Å². The number of halogens is 2. The molecule has 0 aromatic carbocycles. The van der Waals surface area contributed by atoms with E-state index in [1.54, 1.807) is 18.1 Å². The molecule has 0 unspecified atom stereocenters. The summed E-state index contributed by atoms with van der Waals surface area (Å²) < 4.78 is 0. The lowest BCUT2D eigenvalue weighted by atomic mass is 10.3. The molecule has 2 N–H and O–H groups in total. The third kappa shape index (κ3) is 6.13. The average molecular weight is 368 g/mol. The topological polar surface area (TPSA) is 82.5 Å². The number of ketones is 1.